The number of ether oxygens (including phenoxy) is 1. The topological polar surface area (TPSA) is 47.0 Å². The lowest BCUT2D eigenvalue weighted by molar-refractivity contribution is 0.424. The van der Waals surface area contributed by atoms with Gasteiger partial charge in [-0.2, -0.15) is 4.98 Å². The van der Waals surface area contributed by atoms with E-state index in [1.54, 1.807) is 18.2 Å². The Hall–Kier alpha value is -1.69. The number of aryl methyl sites for hydroxylation is 1. The summed E-state index contributed by atoms with van der Waals surface area (Å²) in [5.41, 5.74) is 0. The van der Waals surface area contributed by atoms with Gasteiger partial charge in [0.15, 0.2) is 11.6 Å². The number of halogens is 2. The molecule has 0 fully saturated rings. The van der Waals surface area contributed by atoms with Gasteiger partial charge in [0.1, 0.15) is 11.6 Å². The van der Waals surface area contributed by atoms with Gasteiger partial charge in [0.2, 0.25) is 5.88 Å². The number of anilines is 1. The first-order valence-electron chi connectivity index (χ1n) is 6.87. The van der Waals surface area contributed by atoms with Gasteiger partial charge in [-0.05, 0) is 24.6 Å². The van der Waals surface area contributed by atoms with Gasteiger partial charge in [0, 0.05) is 23.5 Å². The molecule has 2 aromatic rings. The van der Waals surface area contributed by atoms with Crippen molar-refractivity contribution in [1.29, 1.82) is 0 Å². The molecule has 2 rings (SSSR count). The van der Waals surface area contributed by atoms with Crippen LogP contribution in [0.15, 0.2) is 28.7 Å². The van der Waals surface area contributed by atoms with Crippen LogP contribution in [0.2, 0.25) is 0 Å². The predicted octanol–water partition coefficient (Wildman–Crippen LogP) is 4.55. The molecule has 1 N–H and O–H groups in total. The highest BCUT2D eigenvalue weighted by Gasteiger charge is 2.09. The Morgan fingerprint density at radius 1 is 1.24 bits per heavy atom. The second-order valence-corrected chi connectivity index (χ2v) is 5.38. The molecular formula is C15H17BrFN3O. The summed E-state index contributed by atoms with van der Waals surface area (Å²) in [6.45, 7) is 4.84. The smallest absolute Gasteiger partial charge is 0.224 e. The van der Waals surface area contributed by atoms with Crippen molar-refractivity contribution in [3.05, 3.63) is 40.4 Å². The van der Waals surface area contributed by atoms with Crippen LogP contribution in [0, 0.1) is 5.82 Å². The molecule has 0 saturated heterocycles. The minimum absolute atomic E-state index is 0.131. The lowest BCUT2D eigenvalue weighted by Crippen LogP contribution is -2.05. The quantitative estimate of drug-likeness (QED) is 0.827. The van der Waals surface area contributed by atoms with Crippen molar-refractivity contribution in [2.45, 2.75) is 26.7 Å². The first-order chi connectivity index (χ1) is 10.1. The third kappa shape index (κ3) is 4.39. The fourth-order valence-electron chi connectivity index (χ4n) is 1.69. The summed E-state index contributed by atoms with van der Waals surface area (Å²) in [5, 5.41) is 3.19. The molecular weight excluding hydrogens is 337 g/mol. The monoisotopic (exact) mass is 353 g/mol. The fraction of sp³-hybridized carbons (Fsp3) is 0.333. The molecule has 0 aliphatic heterocycles. The summed E-state index contributed by atoms with van der Waals surface area (Å²) in [5.74, 6) is 1.37. The average molecular weight is 354 g/mol. The molecule has 0 atom stereocenters. The van der Waals surface area contributed by atoms with Gasteiger partial charge in [-0.25, -0.2) is 9.37 Å². The molecule has 112 valence electrons. The Bertz CT molecular complexity index is 622. The van der Waals surface area contributed by atoms with Crippen molar-refractivity contribution in [2.24, 2.45) is 0 Å². The Kier molecular flexibility index (Phi) is 5.50. The van der Waals surface area contributed by atoms with E-state index in [-0.39, 0.29) is 5.75 Å². The van der Waals surface area contributed by atoms with Crippen LogP contribution in [-0.2, 0) is 6.42 Å². The first kappa shape index (κ1) is 15.7. The first-order valence-corrected chi connectivity index (χ1v) is 7.66. The molecule has 1 aromatic heterocycles. The summed E-state index contributed by atoms with van der Waals surface area (Å²) >= 11 is 3.29. The highest BCUT2D eigenvalue weighted by molar-refractivity contribution is 9.10. The Labute approximate surface area is 131 Å². The fourth-order valence-corrected chi connectivity index (χ4v) is 2.03. The minimum atomic E-state index is -0.432. The van der Waals surface area contributed by atoms with Gasteiger partial charge in [-0.3, -0.25) is 0 Å². The lowest BCUT2D eigenvalue weighted by atomic mass is 10.3. The van der Waals surface area contributed by atoms with E-state index < -0.39 is 5.82 Å². The van der Waals surface area contributed by atoms with Gasteiger partial charge < -0.3 is 10.1 Å². The second-order valence-electron chi connectivity index (χ2n) is 4.46. The molecule has 0 saturated carbocycles. The van der Waals surface area contributed by atoms with Gasteiger partial charge >= 0.3 is 0 Å². The molecule has 0 aliphatic carbocycles. The second kappa shape index (κ2) is 7.36. The third-order valence-electron chi connectivity index (χ3n) is 2.73. The third-order valence-corrected chi connectivity index (χ3v) is 3.22. The summed E-state index contributed by atoms with van der Waals surface area (Å²) < 4.78 is 20.0. The molecule has 0 spiro atoms. The largest absolute Gasteiger partial charge is 0.436 e. The Balaban J connectivity index is 2.27. The molecule has 1 aromatic carbocycles. The van der Waals surface area contributed by atoms with E-state index in [9.17, 15) is 4.39 Å². The van der Waals surface area contributed by atoms with Crippen molar-refractivity contribution < 1.29 is 9.13 Å². The molecule has 6 heteroatoms. The maximum absolute atomic E-state index is 13.7. The van der Waals surface area contributed by atoms with Crippen LogP contribution in [0.5, 0.6) is 11.6 Å². The summed E-state index contributed by atoms with van der Waals surface area (Å²) in [6, 6.07) is 6.21. The zero-order valence-electron chi connectivity index (χ0n) is 12.0. The molecule has 0 aliphatic rings. The maximum Gasteiger partial charge on any atom is 0.224 e. The zero-order chi connectivity index (χ0) is 15.2. The molecule has 4 nitrogen and oxygen atoms in total. The minimum Gasteiger partial charge on any atom is -0.436 e. The highest BCUT2D eigenvalue weighted by Crippen LogP contribution is 2.27. The standard InChI is InChI=1S/C15H17BrFN3O/c1-3-7-18-14-9-15(20-13(4-2)19-14)21-12-8-10(16)5-6-11(12)17/h5-6,8-9H,3-4,7H2,1-2H3,(H,18,19,20). The van der Waals surface area contributed by atoms with Crippen LogP contribution in [-0.4, -0.2) is 16.5 Å². The van der Waals surface area contributed by atoms with E-state index >= 15 is 0 Å². The van der Waals surface area contributed by atoms with Gasteiger partial charge in [0.05, 0.1) is 0 Å². The highest BCUT2D eigenvalue weighted by atomic mass is 79.9. The Morgan fingerprint density at radius 2 is 2.05 bits per heavy atom. The number of hydrogen-bond acceptors (Lipinski definition) is 4. The summed E-state index contributed by atoms with van der Waals surface area (Å²) in [6.07, 6.45) is 1.67. The van der Waals surface area contributed by atoms with E-state index in [1.165, 1.54) is 6.07 Å². The van der Waals surface area contributed by atoms with E-state index in [4.69, 9.17) is 4.74 Å². The van der Waals surface area contributed by atoms with Crippen LogP contribution in [0.3, 0.4) is 0 Å². The van der Waals surface area contributed by atoms with Crippen molar-refractivity contribution in [1.82, 2.24) is 9.97 Å². The lowest BCUT2D eigenvalue weighted by Gasteiger charge is -2.10. The molecule has 0 amide bonds. The van der Waals surface area contributed by atoms with Crippen LogP contribution >= 0.6 is 15.9 Å². The number of rotatable bonds is 6. The number of aromatic nitrogens is 2. The van der Waals surface area contributed by atoms with Gasteiger partial charge in [-0.1, -0.05) is 29.8 Å². The van der Waals surface area contributed by atoms with Crippen molar-refractivity contribution in [3.8, 4) is 11.6 Å². The van der Waals surface area contributed by atoms with Crippen molar-refractivity contribution in [2.75, 3.05) is 11.9 Å². The van der Waals surface area contributed by atoms with E-state index in [0.29, 0.717) is 23.9 Å². The molecule has 0 unspecified atom stereocenters. The zero-order valence-corrected chi connectivity index (χ0v) is 13.6. The predicted molar refractivity (Wildman–Crippen MR) is 84.4 cm³/mol. The van der Waals surface area contributed by atoms with Crippen molar-refractivity contribution >= 4 is 21.7 Å². The van der Waals surface area contributed by atoms with Crippen molar-refractivity contribution in [3.63, 3.8) is 0 Å². The van der Waals surface area contributed by atoms with Crippen LogP contribution in [0.4, 0.5) is 10.2 Å². The van der Waals surface area contributed by atoms with Crippen LogP contribution in [0.1, 0.15) is 26.1 Å². The molecule has 1 heterocycles. The SMILES string of the molecule is CCCNc1cc(Oc2cc(Br)ccc2F)nc(CC)n1. The van der Waals surface area contributed by atoms with Crippen LogP contribution in [0.25, 0.3) is 0 Å². The molecule has 21 heavy (non-hydrogen) atoms. The van der Waals surface area contributed by atoms with E-state index in [2.05, 4.69) is 38.1 Å². The van der Waals surface area contributed by atoms with Gasteiger partial charge in [-0.15, -0.1) is 0 Å². The summed E-state index contributed by atoms with van der Waals surface area (Å²) in [7, 11) is 0. The van der Waals surface area contributed by atoms with Gasteiger partial charge in [0.25, 0.3) is 0 Å². The molecule has 0 radical (unpaired) electrons. The van der Waals surface area contributed by atoms with E-state index in [1.807, 2.05) is 6.92 Å². The van der Waals surface area contributed by atoms with Crippen LogP contribution < -0.4 is 10.1 Å². The maximum atomic E-state index is 13.7. The number of nitrogens with zero attached hydrogens (tertiary/aromatic N) is 2. The number of benzene rings is 1. The average Bonchev–Trinajstić information content (AvgIpc) is 2.48. The summed E-state index contributed by atoms with van der Waals surface area (Å²) in [4.78, 5) is 8.64. The van der Waals surface area contributed by atoms with E-state index in [0.717, 1.165) is 17.4 Å². The Morgan fingerprint density at radius 3 is 2.76 bits per heavy atom. The normalized spacial score (nSPS) is 10.5. The molecule has 0 bridgehead atoms. The number of hydrogen-bond donors (Lipinski definition) is 1. The number of nitrogens with one attached hydrogen (secondary N) is 1.